The highest BCUT2D eigenvalue weighted by Gasteiger charge is 2.18. The summed E-state index contributed by atoms with van der Waals surface area (Å²) < 4.78 is 10.5. The molecule has 108 valence electrons. The molecule has 0 aromatic rings. The molecule has 0 atom stereocenters. The molecule has 0 saturated heterocycles. The maximum Gasteiger partial charge on any atom is 0.140 e. The van der Waals surface area contributed by atoms with E-state index in [-0.39, 0.29) is 11.4 Å². The fraction of sp³-hybridized carbons (Fsp3) is 0.917. The fourth-order valence-corrected chi connectivity index (χ4v) is 1.41. The Morgan fingerprint density at radius 3 is 2.44 bits per heavy atom. The van der Waals surface area contributed by atoms with E-state index in [1.54, 1.807) is 14.2 Å². The standard InChI is InChI=1S/C12H27N3O3/c1-12(2,18-4)6-8-15(9-10-17-3)7-5-11(13)14-16/h16H,5-10H2,1-4H3,(H2,13,14). The number of nitrogens with two attached hydrogens (primary N) is 1. The van der Waals surface area contributed by atoms with E-state index in [0.29, 0.717) is 13.0 Å². The predicted molar refractivity (Wildman–Crippen MR) is 72.0 cm³/mol. The van der Waals surface area contributed by atoms with Crippen molar-refractivity contribution in [3.05, 3.63) is 0 Å². The Bertz CT molecular complexity index is 245. The number of ether oxygens (including phenoxy) is 2. The highest BCUT2D eigenvalue weighted by Crippen LogP contribution is 2.13. The minimum absolute atomic E-state index is 0.137. The smallest absolute Gasteiger partial charge is 0.140 e. The zero-order chi connectivity index (χ0) is 14.0. The second-order valence-corrected chi connectivity index (χ2v) is 4.89. The molecular weight excluding hydrogens is 234 g/mol. The lowest BCUT2D eigenvalue weighted by atomic mass is 10.0. The second-order valence-electron chi connectivity index (χ2n) is 4.89. The molecule has 0 amide bonds. The molecule has 0 bridgehead atoms. The summed E-state index contributed by atoms with van der Waals surface area (Å²) in [7, 11) is 3.40. The molecule has 18 heavy (non-hydrogen) atoms. The molecule has 6 heteroatoms. The van der Waals surface area contributed by atoms with Crippen LogP contribution in [0.3, 0.4) is 0 Å². The van der Waals surface area contributed by atoms with Gasteiger partial charge in [-0.2, -0.15) is 0 Å². The third-order valence-corrected chi connectivity index (χ3v) is 3.01. The van der Waals surface area contributed by atoms with Gasteiger partial charge in [-0.1, -0.05) is 5.16 Å². The third-order valence-electron chi connectivity index (χ3n) is 3.01. The summed E-state index contributed by atoms with van der Waals surface area (Å²) in [5, 5.41) is 11.5. The molecular formula is C12H27N3O3. The lowest BCUT2D eigenvalue weighted by molar-refractivity contribution is 0.00594. The first-order chi connectivity index (χ1) is 8.45. The number of amidine groups is 1. The molecule has 0 spiro atoms. The lowest BCUT2D eigenvalue weighted by Crippen LogP contribution is -2.36. The van der Waals surface area contributed by atoms with E-state index in [1.165, 1.54) is 0 Å². The van der Waals surface area contributed by atoms with Gasteiger partial charge in [0.2, 0.25) is 0 Å². The maximum absolute atomic E-state index is 8.52. The quantitative estimate of drug-likeness (QED) is 0.264. The van der Waals surface area contributed by atoms with Gasteiger partial charge in [0.1, 0.15) is 5.84 Å². The van der Waals surface area contributed by atoms with E-state index in [4.69, 9.17) is 20.4 Å². The number of nitrogens with zero attached hydrogens (tertiary/aromatic N) is 2. The van der Waals surface area contributed by atoms with E-state index < -0.39 is 0 Å². The summed E-state index contributed by atoms with van der Waals surface area (Å²) in [6, 6.07) is 0. The average Bonchev–Trinajstić information content (AvgIpc) is 2.37. The van der Waals surface area contributed by atoms with Crippen molar-refractivity contribution in [2.75, 3.05) is 40.5 Å². The zero-order valence-corrected chi connectivity index (χ0v) is 12.0. The summed E-state index contributed by atoms with van der Waals surface area (Å²) in [5.74, 6) is 0.253. The molecule has 3 N–H and O–H groups in total. The van der Waals surface area contributed by atoms with Crippen LogP contribution in [0.4, 0.5) is 0 Å². The first-order valence-electron chi connectivity index (χ1n) is 6.18. The van der Waals surface area contributed by atoms with Crippen LogP contribution in [0.2, 0.25) is 0 Å². The summed E-state index contributed by atoms with van der Waals surface area (Å²) in [6.07, 6.45) is 1.47. The molecule has 0 aliphatic rings. The molecule has 0 fully saturated rings. The van der Waals surface area contributed by atoms with Crippen LogP contribution in [0.1, 0.15) is 26.7 Å². The van der Waals surface area contributed by atoms with E-state index in [9.17, 15) is 0 Å². The van der Waals surface area contributed by atoms with E-state index >= 15 is 0 Å². The largest absolute Gasteiger partial charge is 0.409 e. The topological polar surface area (TPSA) is 80.3 Å². The summed E-state index contributed by atoms with van der Waals surface area (Å²) in [6.45, 7) is 7.26. The van der Waals surface area contributed by atoms with E-state index in [1.807, 2.05) is 0 Å². The second kappa shape index (κ2) is 9.13. The van der Waals surface area contributed by atoms with Gasteiger partial charge in [0, 0.05) is 40.3 Å². The maximum atomic E-state index is 8.52. The number of rotatable bonds is 10. The molecule has 6 nitrogen and oxygen atoms in total. The summed E-state index contributed by atoms with van der Waals surface area (Å²) in [4.78, 5) is 2.22. The van der Waals surface area contributed by atoms with Gasteiger partial charge in [0.25, 0.3) is 0 Å². The normalized spacial score (nSPS) is 13.3. The van der Waals surface area contributed by atoms with Crippen molar-refractivity contribution in [2.24, 2.45) is 10.9 Å². The summed E-state index contributed by atoms with van der Waals surface area (Å²) >= 11 is 0. The molecule has 0 aromatic carbocycles. The number of hydrogen-bond donors (Lipinski definition) is 2. The lowest BCUT2D eigenvalue weighted by Gasteiger charge is -2.28. The first kappa shape index (κ1) is 17.2. The average molecular weight is 261 g/mol. The number of oxime groups is 1. The Morgan fingerprint density at radius 2 is 1.94 bits per heavy atom. The van der Waals surface area contributed by atoms with Gasteiger partial charge in [-0.15, -0.1) is 0 Å². The number of hydrogen-bond acceptors (Lipinski definition) is 5. The van der Waals surface area contributed by atoms with E-state index in [0.717, 1.165) is 26.1 Å². The van der Waals surface area contributed by atoms with Crippen LogP contribution in [-0.4, -0.2) is 62.0 Å². The number of methoxy groups -OCH3 is 2. The molecule has 0 saturated carbocycles. The van der Waals surface area contributed by atoms with Crippen LogP contribution in [0.25, 0.3) is 0 Å². The van der Waals surface area contributed by atoms with Crippen LogP contribution in [0.5, 0.6) is 0 Å². The Hall–Kier alpha value is -0.850. The van der Waals surface area contributed by atoms with Crippen LogP contribution in [-0.2, 0) is 9.47 Å². The molecule has 0 unspecified atom stereocenters. The minimum atomic E-state index is -0.137. The molecule has 0 aromatic heterocycles. The van der Waals surface area contributed by atoms with E-state index in [2.05, 4.69) is 23.9 Å². The van der Waals surface area contributed by atoms with Gasteiger partial charge in [-0.3, -0.25) is 0 Å². The zero-order valence-electron chi connectivity index (χ0n) is 12.0. The van der Waals surface area contributed by atoms with Crippen LogP contribution >= 0.6 is 0 Å². The summed E-state index contributed by atoms with van der Waals surface area (Å²) in [5.41, 5.74) is 5.34. The Balaban J connectivity index is 4.14. The van der Waals surface area contributed by atoms with Crippen molar-refractivity contribution >= 4 is 5.84 Å². The first-order valence-corrected chi connectivity index (χ1v) is 6.18. The Kier molecular flexibility index (Phi) is 8.70. The Labute approximate surface area is 110 Å². The van der Waals surface area contributed by atoms with Gasteiger partial charge < -0.3 is 25.3 Å². The van der Waals surface area contributed by atoms with Crippen molar-refractivity contribution in [1.82, 2.24) is 4.90 Å². The fourth-order valence-electron chi connectivity index (χ4n) is 1.41. The van der Waals surface area contributed by atoms with Crippen molar-refractivity contribution < 1.29 is 14.7 Å². The van der Waals surface area contributed by atoms with Gasteiger partial charge in [0.15, 0.2) is 0 Å². The highest BCUT2D eigenvalue weighted by molar-refractivity contribution is 5.79. The van der Waals surface area contributed by atoms with Crippen molar-refractivity contribution in [1.29, 1.82) is 0 Å². The molecule has 0 rings (SSSR count). The van der Waals surface area contributed by atoms with Crippen molar-refractivity contribution in [3.63, 3.8) is 0 Å². The molecule has 0 radical (unpaired) electrons. The molecule has 0 heterocycles. The monoisotopic (exact) mass is 261 g/mol. The molecule has 0 aliphatic carbocycles. The predicted octanol–water partition coefficient (Wildman–Crippen LogP) is 0.886. The van der Waals surface area contributed by atoms with Gasteiger partial charge in [-0.25, -0.2) is 0 Å². The van der Waals surface area contributed by atoms with Gasteiger partial charge in [-0.05, 0) is 20.3 Å². The van der Waals surface area contributed by atoms with Gasteiger partial charge in [0.05, 0.1) is 12.2 Å². The van der Waals surface area contributed by atoms with Crippen LogP contribution in [0, 0.1) is 0 Å². The van der Waals surface area contributed by atoms with Crippen LogP contribution < -0.4 is 5.73 Å². The Morgan fingerprint density at radius 1 is 1.28 bits per heavy atom. The van der Waals surface area contributed by atoms with Crippen molar-refractivity contribution in [2.45, 2.75) is 32.3 Å². The molecule has 0 aliphatic heterocycles. The third kappa shape index (κ3) is 8.27. The van der Waals surface area contributed by atoms with Crippen molar-refractivity contribution in [3.8, 4) is 0 Å². The van der Waals surface area contributed by atoms with Gasteiger partial charge >= 0.3 is 0 Å². The van der Waals surface area contributed by atoms with Crippen LogP contribution in [0.15, 0.2) is 5.16 Å². The minimum Gasteiger partial charge on any atom is -0.409 e. The SMILES string of the molecule is COCCN(CCC(N)=NO)CCC(C)(C)OC. The highest BCUT2D eigenvalue weighted by atomic mass is 16.5.